The fraction of sp³-hybridized carbons (Fsp3) is 0.278. The largest absolute Gasteiger partial charge is 0.370 e. The van der Waals surface area contributed by atoms with Crippen LogP contribution in [0.4, 0.5) is 21.9 Å². The summed E-state index contributed by atoms with van der Waals surface area (Å²) in [6.45, 7) is 4.66. The van der Waals surface area contributed by atoms with Gasteiger partial charge in [0.25, 0.3) is 5.91 Å². The molecule has 0 spiro atoms. The Hall–Kier alpha value is -4.62. The molecular formula is C36H39N5O2. The highest BCUT2D eigenvalue weighted by Gasteiger charge is 2.30. The first-order valence-corrected chi connectivity index (χ1v) is 15.3. The van der Waals surface area contributed by atoms with E-state index in [1.165, 1.54) is 11.1 Å². The first-order valence-electron chi connectivity index (χ1n) is 15.3. The summed E-state index contributed by atoms with van der Waals surface area (Å²) in [5.41, 5.74) is 5.65. The van der Waals surface area contributed by atoms with Crippen molar-refractivity contribution in [3.8, 4) is 0 Å². The molecule has 2 saturated heterocycles. The van der Waals surface area contributed by atoms with Crippen LogP contribution in [0.5, 0.6) is 0 Å². The Bertz CT molecular complexity index is 1460. The van der Waals surface area contributed by atoms with E-state index in [2.05, 4.69) is 81.5 Å². The highest BCUT2D eigenvalue weighted by Crippen LogP contribution is 2.40. The number of carbonyl (C=O) groups is 2. The minimum Gasteiger partial charge on any atom is -0.370 e. The quantitative estimate of drug-likeness (QED) is 0.238. The number of hydrogen-bond donors (Lipinski definition) is 3. The first-order chi connectivity index (χ1) is 21.2. The molecule has 0 radical (unpaired) electrons. The number of para-hydroxylation sites is 1. The van der Waals surface area contributed by atoms with Crippen molar-refractivity contribution >= 4 is 29.0 Å². The highest BCUT2D eigenvalue weighted by molar-refractivity contribution is 6.03. The number of piperazine rings is 1. The summed E-state index contributed by atoms with van der Waals surface area (Å²) in [6, 6.07) is 36.4. The standard InChI is InChI=1S/C36H39N5O2/c42-35(41-24-20-37-21-25-41)30-16-17-32(39-36(43)38-31-14-8-3-9-15-31)33(26-30)40-22-18-29(19-23-40)34(27-10-4-1-5-11-27)28-12-6-2-7-13-28/h1-17,26,29,34,37H,18-25H2,(H2,38,39,43). The summed E-state index contributed by atoms with van der Waals surface area (Å²) < 4.78 is 0. The number of amides is 3. The summed E-state index contributed by atoms with van der Waals surface area (Å²) >= 11 is 0. The molecule has 3 amide bonds. The third-order valence-corrected chi connectivity index (χ3v) is 8.60. The molecule has 220 valence electrons. The predicted octanol–water partition coefficient (Wildman–Crippen LogP) is 6.42. The topological polar surface area (TPSA) is 76.7 Å². The van der Waals surface area contributed by atoms with Crippen LogP contribution in [0.1, 0.15) is 40.2 Å². The van der Waals surface area contributed by atoms with E-state index in [0.29, 0.717) is 36.2 Å². The molecular weight excluding hydrogens is 534 g/mol. The molecule has 7 nitrogen and oxygen atoms in total. The number of hydrogen-bond acceptors (Lipinski definition) is 4. The number of urea groups is 1. The van der Waals surface area contributed by atoms with E-state index in [1.54, 1.807) is 0 Å². The first kappa shape index (κ1) is 28.5. The van der Waals surface area contributed by atoms with Crippen LogP contribution in [0.15, 0.2) is 109 Å². The van der Waals surface area contributed by atoms with Crippen LogP contribution >= 0.6 is 0 Å². The Kier molecular flexibility index (Phi) is 8.99. The minimum atomic E-state index is -0.309. The average Bonchev–Trinajstić information content (AvgIpc) is 3.07. The zero-order chi connectivity index (χ0) is 29.4. The van der Waals surface area contributed by atoms with Crippen LogP contribution in [-0.2, 0) is 0 Å². The van der Waals surface area contributed by atoms with Crippen LogP contribution in [-0.4, -0.2) is 56.1 Å². The molecule has 2 aliphatic rings. The molecule has 3 N–H and O–H groups in total. The SMILES string of the molecule is O=C(Nc1ccccc1)Nc1ccc(C(=O)N2CCNCC2)cc1N1CCC(C(c2ccccc2)c2ccccc2)CC1. The van der Waals surface area contributed by atoms with Crippen LogP contribution < -0.4 is 20.9 Å². The molecule has 7 heteroatoms. The minimum absolute atomic E-state index is 0.0335. The van der Waals surface area contributed by atoms with Gasteiger partial charge in [-0.05, 0) is 60.2 Å². The van der Waals surface area contributed by atoms with E-state index in [0.717, 1.165) is 50.4 Å². The normalized spacial score (nSPS) is 15.7. The van der Waals surface area contributed by atoms with Crippen LogP contribution in [0.25, 0.3) is 0 Å². The molecule has 0 atom stereocenters. The molecule has 0 aromatic heterocycles. The molecule has 2 heterocycles. The van der Waals surface area contributed by atoms with Crippen molar-refractivity contribution in [3.05, 3.63) is 126 Å². The van der Waals surface area contributed by atoms with Crippen molar-refractivity contribution in [2.45, 2.75) is 18.8 Å². The van der Waals surface area contributed by atoms with Crippen molar-refractivity contribution in [1.29, 1.82) is 0 Å². The molecule has 4 aromatic rings. The number of nitrogens with zero attached hydrogens (tertiary/aromatic N) is 2. The molecule has 0 bridgehead atoms. The third kappa shape index (κ3) is 6.89. The zero-order valence-corrected chi connectivity index (χ0v) is 24.4. The van der Waals surface area contributed by atoms with Gasteiger partial charge < -0.3 is 25.8 Å². The van der Waals surface area contributed by atoms with E-state index < -0.39 is 0 Å². The maximum atomic E-state index is 13.4. The van der Waals surface area contributed by atoms with Crippen molar-refractivity contribution in [2.75, 3.05) is 54.8 Å². The lowest BCUT2D eigenvalue weighted by molar-refractivity contribution is 0.0736. The zero-order valence-electron chi connectivity index (χ0n) is 24.4. The van der Waals surface area contributed by atoms with Gasteiger partial charge in [-0.25, -0.2) is 4.79 Å². The summed E-state index contributed by atoms with van der Waals surface area (Å²) in [5, 5.41) is 9.29. The van der Waals surface area contributed by atoms with E-state index in [1.807, 2.05) is 53.4 Å². The van der Waals surface area contributed by atoms with Gasteiger partial charge in [0.15, 0.2) is 0 Å². The van der Waals surface area contributed by atoms with Gasteiger partial charge in [0.1, 0.15) is 0 Å². The molecule has 4 aromatic carbocycles. The van der Waals surface area contributed by atoms with Gasteiger partial charge in [-0.3, -0.25) is 4.79 Å². The molecule has 2 aliphatic heterocycles. The number of carbonyl (C=O) groups excluding carboxylic acids is 2. The maximum Gasteiger partial charge on any atom is 0.323 e. The van der Waals surface area contributed by atoms with Crippen molar-refractivity contribution < 1.29 is 9.59 Å². The number of nitrogens with one attached hydrogen (secondary N) is 3. The van der Waals surface area contributed by atoms with Crippen molar-refractivity contribution in [1.82, 2.24) is 10.2 Å². The van der Waals surface area contributed by atoms with Gasteiger partial charge in [0.2, 0.25) is 0 Å². The Balaban J connectivity index is 1.24. The van der Waals surface area contributed by atoms with Crippen LogP contribution in [0, 0.1) is 5.92 Å². The van der Waals surface area contributed by atoms with Gasteiger partial charge in [-0.2, -0.15) is 0 Å². The second-order valence-corrected chi connectivity index (χ2v) is 11.3. The van der Waals surface area contributed by atoms with E-state index in [9.17, 15) is 9.59 Å². The Labute approximate surface area is 253 Å². The van der Waals surface area contributed by atoms with E-state index in [4.69, 9.17) is 0 Å². The maximum absolute atomic E-state index is 13.4. The Morgan fingerprint density at radius 2 is 1.28 bits per heavy atom. The Morgan fingerprint density at radius 1 is 0.698 bits per heavy atom. The lowest BCUT2D eigenvalue weighted by Crippen LogP contribution is -2.46. The predicted molar refractivity (Wildman–Crippen MR) is 174 cm³/mol. The lowest BCUT2D eigenvalue weighted by atomic mass is 9.76. The van der Waals surface area contributed by atoms with Gasteiger partial charge >= 0.3 is 6.03 Å². The summed E-state index contributed by atoms with van der Waals surface area (Å²) in [5.74, 6) is 0.829. The lowest BCUT2D eigenvalue weighted by Gasteiger charge is -2.38. The van der Waals surface area contributed by atoms with E-state index in [-0.39, 0.29) is 11.9 Å². The Morgan fingerprint density at radius 3 is 1.88 bits per heavy atom. The number of piperidine rings is 1. The van der Waals surface area contributed by atoms with Gasteiger partial charge in [0, 0.05) is 56.4 Å². The smallest absolute Gasteiger partial charge is 0.323 e. The summed E-state index contributed by atoms with van der Waals surface area (Å²) in [6.07, 6.45) is 2.00. The number of benzene rings is 4. The summed E-state index contributed by atoms with van der Waals surface area (Å²) in [4.78, 5) is 30.7. The molecule has 0 unspecified atom stereocenters. The van der Waals surface area contributed by atoms with Gasteiger partial charge in [0.05, 0.1) is 11.4 Å². The molecule has 0 saturated carbocycles. The molecule has 6 rings (SSSR count). The second-order valence-electron chi connectivity index (χ2n) is 11.3. The molecule has 2 fully saturated rings. The van der Waals surface area contributed by atoms with Gasteiger partial charge in [-0.1, -0.05) is 78.9 Å². The fourth-order valence-electron chi connectivity index (χ4n) is 6.42. The number of rotatable bonds is 7. The van der Waals surface area contributed by atoms with Crippen LogP contribution in [0.3, 0.4) is 0 Å². The van der Waals surface area contributed by atoms with Crippen molar-refractivity contribution in [2.24, 2.45) is 5.92 Å². The summed E-state index contributed by atoms with van der Waals surface area (Å²) in [7, 11) is 0. The fourth-order valence-corrected chi connectivity index (χ4v) is 6.42. The number of anilines is 3. The monoisotopic (exact) mass is 573 g/mol. The average molecular weight is 574 g/mol. The highest BCUT2D eigenvalue weighted by atomic mass is 16.2. The van der Waals surface area contributed by atoms with Gasteiger partial charge in [-0.15, -0.1) is 0 Å². The second kappa shape index (κ2) is 13.6. The van der Waals surface area contributed by atoms with Crippen LogP contribution in [0.2, 0.25) is 0 Å². The molecule has 0 aliphatic carbocycles. The van der Waals surface area contributed by atoms with Crippen molar-refractivity contribution in [3.63, 3.8) is 0 Å². The molecule has 43 heavy (non-hydrogen) atoms. The van der Waals surface area contributed by atoms with E-state index >= 15 is 0 Å². The third-order valence-electron chi connectivity index (χ3n) is 8.60.